The van der Waals surface area contributed by atoms with Gasteiger partial charge in [-0.2, -0.15) is 0 Å². The Kier molecular flexibility index (Phi) is 4.42. The molecule has 1 aromatic heterocycles. The van der Waals surface area contributed by atoms with Crippen molar-refractivity contribution >= 4 is 23.2 Å². The van der Waals surface area contributed by atoms with Crippen molar-refractivity contribution in [2.24, 2.45) is 5.73 Å². The number of hydrogen-bond donors (Lipinski definition) is 1. The Morgan fingerprint density at radius 3 is 2.44 bits per heavy atom. The van der Waals surface area contributed by atoms with Crippen molar-refractivity contribution in [1.29, 1.82) is 0 Å². The first-order chi connectivity index (χ1) is 8.70. The van der Waals surface area contributed by atoms with Gasteiger partial charge < -0.3 is 10.5 Å². The van der Waals surface area contributed by atoms with Gasteiger partial charge in [0.25, 0.3) is 0 Å². The van der Waals surface area contributed by atoms with Crippen molar-refractivity contribution < 1.29 is 4.74 Å². The SMILES string of the molecule is NCC(Oc1ccc(Cl)c(Cl)c1)c1ccncc1. The first-order valence-electron chi connectivity index (χ1n) is 5.42. The normalized spacial score (nSPS) is 12.2. The molecule has 0 radical (unpaired) electrons. The third-order valence-corrected chi connectivity index (χ3v) is 3.20. The lowest BCUT2D eigenvalue weighted by molar-refractivity contribution is 0.214. The molecule has 0 fully saturated rings. The average molecular weight is 283 g/mol. The summed E-state index contributed by atoms with van der Waals surface area (Å²) in [5.74, 6) is 0.636. The number of ether oxygens (including phenoxy) is 1. The quantitative estimate of drug-likeness (QED) is 0.934. The van der Waals surface area contributed by atoms with Gasteiger partial charge in [0.15, 0.2) is 0 Å². The van der Waals surface area contributed by atoms with E-state index >= 15 is 0 Å². The fraction of sp³-hybridized carbons (Fsp3) is 0.154. The zero-order valence-electron chi connectivity index (χ0n) is 9.51. The largest absolute Gasteiger partial charge is 0.484 e. The van der Waals surface area contributed by atoms with Gasteiger partial charge in [-0.25, -0.2) is 0 Å². The van der Waals surface area contributed by atoms with Gasteiger partial charge in [-0.15, -0.1) is 0 Å². The van der Waals surface area contributed by atoms with Gasteiger partial charge in [0, 0.05) is 25.0 Å². The molecule has 1 aromatic carbocycles. The number of halogens is 2. The van der Waals surface area contributed by atoms with E-state index in [0.717, 1.165) is 5.56 Å². The predicted molar refractivity (Wildman–Crippen MR) is 73.1 cm³/mol. The molecule has 0 saturated carbocycles. The smallest absolute Gasteiger partial charge is 0.136 e. The minimum atomic E-state index is -0.231. The molecule has 1 unspecified atom stereocenters. The molecule has 3 nitrogen and oxygen atoms in total. The molecule has 0 spiro atoms. The van der Waals surface area contributed by atoms with Crippen molar-refractivity contribution in [3.8, 4) is 5.75 Å². The monoisotopic (exact) mass is 282 g/mol. The second-order valence-electron chi connectivity index (χ2n) is 3.70. The molecule has 18 heavy (non-hydrogen) atoms. The maximum atomic E-state index is 5.93. The summed E-state index contributed by atoms with van der Waals surface area (Å²) in [5.41, 5.74) is 6.69. The fourth-order valence-electron chi connectivity index (χ4n) is 1.54. The van der Waals surface area contributed by atoms with Crippen LogP contribution in [0.1, 0.15) is 11.7 Å². The predicted octanol–water partition coefficient (Wildman–Crippen LogP) is 3.47. The number of benzene rings is 1. The van der Waals surface area contributed by atoms with Crippen LogP contribution in [0.4, 0.5) is 0 Å². The van der Waals surface area contributed by atoms with Crippen LogP contribution in [0.5, 0.6) is 5.75 Å². The van der Waals surface area contributed by atoms with E-state index in [1.165, 1.54) is 0 Å². The summed E-state index contributed by atoms with van der Waals surface area (Å²) in [6.45, 7) is 0.365. The molecule has 2 rings (SSSR count). The maximum Gasteiger partial charge on any atom is 0.136 e. The van der Waals surface area contributed by atoms with Crippen molar-refractivity contribution in [3.05, 3.63) is 58.3 Å². The zero-order valence-corrected chi connectivity index (χ0v) is 11.0. The summed E-state index contributed by atoms with van der Waals surface area (Å²) in [6, 6.07) is 8.87. The van der Waals surface area contributed by atoms with Crippen LogP contribution >= 0.6 is 23.2 Å². The van der Waals surface area contributed by atoms with E-state index in [2.05, 4.69) is 4.98 Å². The second-order valence-corrected chi connectivity index (χ2v) is 4.51. The van der Waals surface area contributed by atoms with E-state index < -0.39 is 0 Å². The Bertz CT molecular complexity index is 520. The van der Waals surface area contributed by atoms with Crippen molar-refractivity contribution in [2.45, 2.75) is 6.10 Å². The summed E-state index contributed by atoms with van der Waals surface area (Å²) < 4.78 is 5.79. The highest BCUT2D eigenvalue weighted by molar-refractivity contribution is 6.42. The topological polar surface area (TPSA) is 48.1 Å². The second kappa shape index (κ2) is 6.05. The Morgan fingerprint density at radius 1 is 1.11 bits per heavy atom. The van der Waals surface area contributed by atoms with Crippen LogP contribution in [0.2, 0.25) is 10.0 Å². The Morgan fingerprint density at radius 2 is 1.83 bits per heavy atom. The van der Waals surface area contributed by atoms with Gasteiger partial charge in [-0.3, -0.25) is 4.98 Å². The lowest BCUT2D eigenvalue weighted by Crippen LogP contribution is -2.18. The van der Waals surface area contributed by atoms with Crippen LogP contribution in [0, 0.1) is 0 Å². The van der Waals surface area contributed by atoms with Crippen LogP contribution in [-0.2, 0) is 0 Å². The standard InChI is InChI=1S/C13H12Cl2N2O/c14-11-2-1-10(7-12(11)15)18-13(8-16)9-3-5-17-6-4-9/h1-7,13H,8,16H2. The third-order valence-electron chi connectivity index (χ3n) is 2.46. The highest BCUT2D eigenvalue weighted by atomic mass is 35.5. The number of pyridine rings is 1. The highest BCUT2D eigenvalue weighted by Crippen LogP contribution is 2.28. The fourth-order valence-corrected chi connectivity index (χ4v) is 1.83. The molecule has 0 saturated heterocycles. The molecule has 0 aliphatic rings. The zero-order chi connectivity index (χ0) is 13.0. The first kappa shape index (κ1) is 13.1. The Labute approximate surface area is 115 Å². The highest BCUT2D eigenvalue weighted by Gasteiger charge is 2.11. The number of rotatable bonds is 4. The van der Waals surface area contributed by atoms with Crippen LogP contribution in [0.3, 0.4) is 0 Å². The van der Waals surface area contributed by atoms with Crippen molar-refractivity contribution in [1.82, 2.24) is 4.98 Å². The molecule has 5 heteroatoms. The van der Waals surface area contributed by atoms with E-state index in [1.54, 1.807) is 30.6 Å². The number of hydrogen-bond acceptors (Lipinski definition) is 3. The Balaban J connectivity index is 2.18. The lowest BCUT2D eigenvalue weighted by Gasteiger charge is -2.17. The molecule has 1 atom stereocenters. The van der Waals surface area contributed by atoms with Gasteiger partial charge in [-0.05, 0) is 29.8 Å². The van der Waals surface area contributed by atoms with Gasteiger partial charge in [-0.1, -0.05) is 23.2 Å². The molecule has 0 aliphatic heterocycles. The van der Waals surface area contributed by atoms with E-state index in [1.807, 2.05) is 12.1 Å². The number of nitrogens with two attached hydrogens (primary N) is 1. The van der Waals surface area contributed by atoms with Crippen LogP contribution in [-0.4, -0.2) is 11.5 Å². The number of aromatic nitrogens is 1. The minimum absolute atomic E-state index is 0.231. The molecular formula is C13H12Cl2N2O. The maximum absolute atomic E-state index is 5.93. The molecule has 2 aromatic rings. The van der Waals surface area contributed by atoms with Crippen LogP contribution in [0.15, 0.2) is 42.7 Å². The van der Waals surface area contributed by atoms with E-state index in [-0.39, 0.29) is 6.10 Å². The van der Waals surface area contributed by atoms with Crippen LogP contribution in [0.25, 0.3) is 0 Å². The third kappa shape index (κ3) is 3.13. The summed E-state index contributed by atoms with van der Waals surface area (Å²) in [5, 5.41) is 0.955. The van der Waals surface area contributed by atoms with Gasteiger partial charge in [0.1, 0.15) is 11.9 Å². The molecule has 2 N–H and O–H groups in total. The van der Waals surface area contributed by atoms with E-state index in [4.69, 9.17) is 33.7 Å². The van der Waals surface area contributed by atoms with Gasteiger partial charge in [0.05, 0.1) is 10.0 Å². The summed E-state index contributed by atoms with van der Waals surface area (Å²) >= 11 is 11.8. The van der Waals surface area contributed by atoms with Crippen molar-refractivity contribution in [3.63, 3.8) is 0 Å². The molecule has 0 bridgehead atoms. The van der Waals surface area contributed by atoms with Crippen molar-refractivity contribution in [2.75, 3.05) is 6.54 Å². The first-order valence-corrected chi connectivity index (χ1v) is 6.18. The lowest BCUT2D eigenvalue weighted by atomic mass is 10.1. The molecule has 0 aliphatic carbocycles. The van der Waals surface area contributed by atoms with Crippen LogP contribution < -0.4 is 10.5 Å². The minimum Gasteiger partial charge on any atom is -0.484 e. The summed E-state index contributed by atoms with van der Waals surface area (Å²) in [4.78, 5) is 3.96. The molecule has 0 amide bonds. The van der Waals surface area contributed by atoms with E-state index in [0.29, 0.717) is 22.3 Å². The Hall–Kier alpha value is -1.29. The molecule has 94 valence electrons. The average Bonchev–Trinajstić information content (AvgIpc) is 2.41. The summed E-state index contributed by atoms with van der Waals surface area (Å²) in [6.07, 6.45) is 3.18. The summed E-state index contributed by atoms with van der Waals surface area (Å²) in [7, 11) is 0. The van der Waals surface area contributed by atoms with E-state index in [9.17, 15) is 0 Å². The molecular weight excluding hydrogens is 271 g/mol. The number of nitrogens with zero attached hydrogens (tertiary/aromatic N) is 1. The van der Waals surface area contributed by atoms with Gasteiger partial charge >= 0.3 is 0 Å². The van der Waals surface area contributed by atoms with Gasteiger partial charge in [0.2, 0.25) is 0 Å². The molecule has 1 heterocycles.